The number of hydrogen-bond donors (Lipinski definition) is 2. The second-order valence-electron chi connectivity index (χ2n) is 6.17. The average molecular weight is 282 g/mol. The zero-order valence-corrected chi connectivity index (χ0v) is 12.8. The van der Waals surface area contributed by atoms with Gasteiger partial charge in [-0.2, -0.15) is 5.10 Å². The molecule has 0 saturated carbocycles. The summed E-state index contributed by atoms with van der Waals surface area (Å²) in [7, 11) is 1.64. The summed E-state index contributed by atoms with van der Waals surface area (Å²) < 4.78 is 6.72. The Balaban J connectivity index is 2.57. The number of methoxy groups -OCH3 is 1. The highest BCUT2D eigenvalue weighted by molar-refractivity contribution is 5.92. The van der Waals surface area contributed by atoms with Gasteiger partial charge in [-0.05, 0) is 11.8 Å². The van der Waals surface area contributed by atoms with Crippen LogP contribution in [0.15, 0.2) is 12.4 Å². The summed E-state index contributed by atoms with van der Waals surface area (Å²) in [5.74, 6) is -0.231. The quantitative estimate of drug-likeness (QED) is 0.793. The fraction of sp³-hybridized carbons (Fsp3) is 0.714. The summed E-state index contributed by atoms with van der Waals surface area (Å²) in [5, 5.41) is 7.03. The summed E-state index contributed by atoms with van der Waals surface area (Å²) in [5.41, 5.74) is 6.47. The molecule has 0 aliphatic rings. The Morgan fingerprint density at radius 3 is 2.80 bits per heavy atom. The highest BCUT2D eigenvalue weighted by Crippen LogP contribution is 2.24. The minimum atomic E-state index is -0.183. The molecule has 1 unspecified atom stereocenters. The maximum absolute atomic E-state index is 12.2. The molecule has 1 aromatic heterocycles. The molecule has 0 saturated heterocycles. The summed E-state index contributed by atoms with van der Waals surface area (Å²) in [6, 6.07) is 0. The third-order valence-corrected chi connectivity index (χ3v) is 2.94. The van der Waals surface area contributed by atoms with E-state index in [-0.39, 0.29) is 17.2 Å². The highest BCUT2D eigenvalue weighted by atomic mass is 16.5. The number of hydrogen-bond acceptors (Lipinski definition) is 4. The molecule has 114 valence electrons. The lowest BCUT2D eigenvalue weighted by Gasteiger charge is -2.24. The normalized spacial score (nSPS) is 13.2. The van der Waals surface area contributed by atoms with Crippen LogP contribution >= 0.6 is 0 Å². The molecule has 1 rings (SSSR count). The van der Waals surface area contributed by atoms with Crippen molar-refractivity contribution >= 4 is 11.6 Å². The number of carbonyl (C=O) groups excluding carboxylic acids is 1. The fourth-order valence-electron chi connectivity index (χ4n) is 2.00. The van der Waals surface area contributed by atoms with Crippen LogP contribution in [0.25, 0.3) is 0 Å². The first-order valence-corrected chi connectivity index (χ1v) is 6.88. The monoisotopic (exact) mass is 282 g/mol. The number of anilines is 1. The third kappa shape index (κ3) is 5.71. The van der Waals surface area contributed by atoms with Gasteiger partial charge in [-0.3, -0.25) is 9.48 Å². The van der Waals surface area contributed by atoms with Crippen LogP contribution in [0.2, 0.25) is 0 Å². The second-order valence-corrected chi connectivity index (χ2v) is 6.17. The van der Waals surface area contributed by atoms with Crippen LogP contribution in [-0.4, -0.2) is 35.9 Å². The average Bonchev–Trinajstić information content (AvgIpc) is 2.79. The van der Waals surface area contributed by atoms with Crippen LogP contribution in [0.1, 0.15) is 27.2 Å². The van der Waals surface area contributed by atoms with Gasteiger partial charge in [0.15, 0.2) is 0 Å². The molecule has 20 heavy (non-hydrogen) atoms. The van der Waals surface area contributed by atoms with Gasteiger partial charge < -0.3 is 15.8 Å². The van der Waals surface area contributed by atoms with Crippen LogP contribution < -0.4 is 11.1 Å². The smallest absolute Gasteiger partial charge is 0.228 e. The number of rotatable bonds is 7. The topological polar surface area (TPSA) is 82.2 Å². The molecule has 0 radical (unpaired) electrons. The Labute approximate surface area is 120 Å². The molecule has 6 heteroatoms. The lowest BCUT2D eigenvalue weighted by molar-refractivity contribution is -0.120. The zero-order valence-electron chi connectivity index (χ0n) is 12.8. The third-order valence-electron chi connectivity index (χ3n) is 2.94. The van der Waals surface area contributed by atoms with Crippen molar-refractivity contribution < 1.29 is 9.53 Å². The second kappa shape index (κ2) is 7.40. The molecular formula is C14H26N4O2. The molecule has 1 aromatic rings. The minimum Gasteiger partial charge on any atom is -0.383 e. The predicted octanol–water partition coefficient (Wildman–Crippen LogP) is 1.48. The summed E-state index contributed by atoms with van der Waals surface area (Å²) >= 11 is 0. The molecule has 1 atom stereocenters. The zero-order chi connectivity index (χ0) is 15.2. The number of carbonyl (C=O) groups is 1. The minimum absolute atomic E-state index is 0.0475. The first-order chi connectivity index (χ1) is 9.35. The van der Waals surface area contributed by atoms with Gasteiger partial charge in [0.05, 0.1) is 31.0 Å². The maximum atomic E-state index is 12.2. The maximum Gasteiger partial charge on any atom is 0.228 e. The van der Waals surface area contributed by atoms with E-state index >= 15 is 0 Å². The lowest BCUT2D eigenvalue weighted by atomic mass is 9.84. The van der Waals surface area contributed by atoms with Gasteiger partial charge in [-0.15, -0.1) is 0 Å². The number of ether oxygens (including phenoxy) is 1. The van der Waals surface area contributed by atoms with Crippen molar-refractivity contribution in [3.63, 3.8) is 0 Å². The molecule has 0 bridgehead atoms. The van der Waals surface area contributed by atoms with Crippen LogP contribution in [0.4, 0.5) is 5.69 Å². The van der Waals surface area contributed by atoms with Gasteiger partial charge in [0.1, 0.15) is 0 Å². The number of aromatic nitrogens is 2. The van der Waals surface area contributed by atoms with E-state index in [2.05, 4.69) is 31.2 Å². The standard InChI is InChI=1S/C14H26N4O2/c1-14(2,3)7-11(8-15)13(19)17-12-9-16-18(10-12)5-6-20-4/h9-11H,5-8,15H2,1-4H3,(H,17,19). The molecule has 6 nitrogen and oxygen atoms in total. The van der Waals surface area contributed by atoms with Crippen molar-refractivity contribution in [2.24, 2.45) is 17.1 Å². The first-order valence-electron chi connectivity index (χ1n) is 6.88. The molecule has 0 aromatic carbocycles. The molecule has 1 heterocycles. The van der Waals surface area contributed by atoms with Gasteiger partial charge in [-0.25, -0.2) is 0 Å². The van der Waals surface area contributed by atoms with Gasteiger partial charge in [0, 0.05) is 19.9 Å². The van der Waals surface area contributed by atoms with E-state index in [1.165, 1.54) is 0 Å². The molecule has 3 N–H and O–H groups in total. The van der Waals surface area contributed by atoms with E-state index < -0.39 is 0 Å². The van der Waals surface area contributed by atoms with E-state index in [9.17, 15) is 4.79 Å². The molecule has 1 amide bonds. The predicted molar refractivity (Wildman–Crippen MR) is 79.3 cm³/mol. The molecule has 0 aliphatic heterocycles. The Kier molecular flexibility index (Phi) is 6.16. The molecule has 0 aliphatic carbocycles. The van der Waals surface area contributed by atoms with Gasteiger partial charge in [0.25, 0.3) is 0 Å². The van der Waals surface area contributed by atoms with E-state index in [4.69, 9.17) is 10.5 Å². The highest BCUT2D eigenvalue weighted by Gasteiger charge is 2.24. The van der Waals surface area contributed by atoms with Crippen molar-refractivity contribution in [2.45, 2.75) is 33.7 Å². The summed E-state index contributed by atoms with van der Waals surface area (Å²) in [6.45, 7) is 7.91. The Hall–Kier alpha value is -1.40. The van der Waals surface area contributed by atoms with Crippen molar-refractivity contribution in [1.29, 1.82) is 0 Å². The Morgan fingerprint density at radius 1 is 1.55 bits per heavy atom. The lowest BCUT2D eigenvalue weighted by Crippen LogP contribution is -2.32. The van der Waals surface area contributed by atoms with Crippen molar-refractivity contribution in [2.75, 3.05) is 25.6 Å². The first kappa shape index (κ1) is 16.7. The number of nitrogens with zero attached hydrogens (tertiary/aromatic N) is 2. The molecular weight excluding hydrogens is 256 g/mol. The van der Waals surface area contributed by atoms with Crippen LogP contribution in [-0.2, 0) is 16.1 Å². The molecule has 0 spiro atoms. The van der Waals surface area contributed by atoms with Crippen LogP contribution in [0.5, 0.6) is 0 Å². The summed E-state index contributed by atoms with van der Waals surface area (Å²) in [6.07, 6.45) is 4.19. The Morgan fingerprint density at radius 2 is 2.25 bits per heavy atom. The van der Waals surface area contributed by atoms with E-state index in [1.54, 1.807) is 24.2 Å². The van der Waals surface area contributed by atoms with Gasteiger partial charge in [0.2, 0.25) is 5.91 Å². The van der Waals surface area contributed by atoms with Crippen molar-refractivity contribution in [3.8, 4) is 0 Å². The fourth-order valence-corrected chi connectivity index (χ4v) is 2.00. The number of amides is 1. The number of nitrogens with two attached hydrogens (primary N) is 1. The van der Waals surface area contributed by atoms with Crippen molar-refractivity contribution in [3.05, 3.63) is 12.4 Å². The van der Waals surface area contributed by atoms with E-state index in [0.29, 0.717) is 25.4 Å². The van der Waals surface area contributed by atoms with Crippen molar-refractivity contribution in [1.82, 2.24) is 9.78 Å². The van der Waals surface area contributed by atoms with Gasteiger partial charge >= 0.3 is 0 Å². The van der Waals surface area contributed by atoms with Crippen LogP contribution in [0, 0.1) is 11.3 Å². The van der Waals surface area contributed by atoms with Gasteiger partial charge in [-0.1, -0.05) is 20.8 Å². The summed E-state index contributed by atoms with van der Waals surface area (Å²) in [4.78, 5) is 12.2. The van der Waals surface area contributed by atoms with E-state index in [0.717, 1.165) is 6.42 Å². The Bertz CT molecular complexity index is 423. The SMILES string of the molecule is COCCn1cc(NC(=O)C(CN)CC(C)(C)C)cn1. The number of nitrogens with one attached hydrogen (secondary N) is 1. The van der Waals surface area contributed by atoms with Crippen LogP contribution in [0.3, 0.4) is 0 Å². The largest absolute Gasteiger partial charge is 0.383 e. The molecule has 0 fully saturated rings. The van der Waals surface area contributed by atoms with E-state index in [1.807, 2.05) is 0 Å².